The maximum Gasteiger partial charge on any atom is 0.256 e. The summed E-state index contributed by atoms with van der Waals surface area (Å²) in [6, 6.07) is 22.0. The van der Waals surface area contributed by atoms with Gasteiger partial charge in [0.05, 0.1) is 22.3 Å². The molecule has 0 spiro atoms. The monoisotopic (exact) mass is 375 g/mol. The number of anilines is 2. The highest BCUT2D eigenvalue weighted by Gasteiger charge is 2.15. The van der Waals surface area contributed by atoms with E-state index in [1.165, 1.54) is 0 Å². The fourth-order valence-corrected chi connectivity index (χ4v) is 3.23. The second-order valence-electron chi connectivity index (χ2n) is 6.22. The zero-order valence-electron chi connectivity index (χ0n) is 15.0. The van der Waals surface area contributed by atoms with Crippen LogP contribution in [0.5, 0.6) is 0 Å². The summed E-state index contributed by atoms with van der Waals surface area (Å²) >= 11 is 6.29. The van der Waals surface area contributed by atoms with Crippen LogP contribution in [-0.2, 0) is 0 Å². The van der Waals surface area contributed by atoms with Crippen molar-refractivity contribution in [2.24, 2.45) is 0 Å². The minimum Gasteiger partial charge on any atom is -0.376 e. The number of nitrogens with one attached hydrogen (secondary N) is 1. The van der Waals surface area contributed by atoms with Gasteiger partial charge < -0.3 is 10.2 Å². The van der Waals surface area contributed by atoms with E-state index in [1.54, 1.807) is 30.3 Å². The van der Waals surface area contributed by atoms with Gasteiger partial charge in [-0.1, -0.05) is 48.0 Å². The largest absolute Gasteiger partial charge is 0.376 e. The van der Waals surface area contributed by atoms with Crippen LogP contribution in [0.1, 0.15) is 15.9 Å². The SMILES string of the molecule is CN(C)c1ccc(NC(=O)c2ccccc2-c2ccccc2C#N)cc1Cl. The number of carbonyl (C=O) groups is 1. The van der Waals surface area contributed by atoms with Gasteiger partial charge in [0.2, 0.25) is 0 Å². The van der Waals surface area contributed by atoms with Gasteiger partial charge in [-0.3, -0.25) is 4.79 Å². The number of benzene rings is 3. The normalized spacial score (nSPS) is 10.1. The average molecular weight is 376 g/mol. The molecule has 0 fully saturated rings. The molecule has 0 atom stereocenters. The van der Waals surface area contributed by atoms with Crippen LogP contribution in [0.15, 0.2) is 66.7 Å². The fourth-order valence-electron chi connectivity index (χ4n) is 2.88. The average Bonchev–Trinajstić information content (AvgIpc) is 2.67. The second kappa shape index (κ2) is 7.94. The molecule has 4 nitrogen and oxygen atoms in total. The standard InChI is InChI=1S/C22H18ClN3O/c1-26(2)21-12-11-16(13-20(21)23)25-22(27)19-10-6-5-9-18(19)17-8-4-3-7-15(17)14-24/h3-13H,1-2H3,(H,25,27). The summed E-state index contributed by atoms with van der Waals surface area (Å²) < 4.78 is 0. The first kappa shape index (κ1) is 18.5. The molecule has 0 radical (unpaired) electrons. The third-order valence-electron chi connectivity index (χ3n) is 4.20. The predicted molar refractivity (Wildman–Crippen MR) is 110 cm³/mol. The fraction of sp³-hybridized carbons (Fsp3) is 0.0909. The lowest BCUT2D eigenvalue weighted by Gasteiger charge is -2.16. The first-order valence-corrected chi connectivity index (χ1v) is 8.76. The van der Waals surface area contributed by atoms with Crippen LogP contribution in [0.25, 0.3) is 11.1 Å². The van der Waals surface area contributed by atoms with E-state index in [2.05, 4.69) is 11.4 Å². The maximum atomic E-state index is 12.9. The lowest BCUT2D eigenvalue weighted by molar-refractivity contribution is 0.102. The van der Waals surface area contributed by atoms with E-state index in [0.717, 1.165) is 11.3 Å². The van der Waals surface area contributed by atoms with Crippen LogP contribution >= 0.6 is 11.6 Å². The Bertz CT molecular complexity index is 1040. The maximum absolute atomic E-state index is 12.9. The van der Waals surface area contributed by atoms with E-state index < -0.39 is 0 Å². The number of hydrogen-bond acceptors (Lipinski definition) is 3. The van der Waals surface area contributed by atoms with E-state index in [1.807, 2.05) is 55.4 Å². The molecule has 1 N–H and O–H groups in total. The smallest absolute Gasteiger partial charge is 0.256 e. The van der Waals surface area contributed by atoms with Gasteiger partial charge in [-0.15, -0.1) is 0 Å². The number of hydrogen-bond donors (Lipinski definition) is 1. The molecule has 0 heterocycles. The van der Waals surface area contributed by atoms with Gasteiger partial charge in [0.15, 0.2) is 0 Å². The number of carbonyl (C=O) groups excluding carboxylic acids is 1. The molecule has 27 heavy (non-hydrogen) atoms. The molecule has 0 saturated carbocycles. The highest BCUT2D eigenvalue weighted by Crippen LogP contribution is 2.30. The highest BCUT2D eigenvalue weighted by atomic mass is 35.5. The first-order valence-electron chi connectivity index (χ1n) is 8.38. The summed E-state index contributed by atoms with van der Waals surface area (Å²) in [6.45, 7) is 0. The van der Waals surface area contributed by atoms with Crippen molar-refractivity contribution in [3.8, 4) is 17.2 Å². The molecule has 3 aromatic carbocycles. The van der Waals surface area contributed by atoms with E-state index in [9.17, 15) is 10.1 Å². The Kier molecular flexibility index (Phi) is 5.44. The number of nitrogens with zero attached hydrogens (tertiary/aromatic N) is 2. The summed E-state index contributed by atoms with van der Waals surface area (Å²) in [5, 5.41) is 12.8. The minimum absolute atomic E-state index is 0.257. The summed E-state index contributed by atoms with van der Waals surface area (Å²) in [7, 11) is 3.81. The van der Waals surface area contributed by atoms with Gasteiger partial charge >= 0.3 is 0 Å². The van der Waals surface area contributed by atoms with Crippen molar-refractivity contribution in [1.82, 2.24) is 0 Å². The van der Waals surface area contributed by atoms with Crippen molar-refractivity contribution in [2.45, 2.75) is 0 Å². The Balaban J connectivity index is 1.95. The first-order chi connectivity index (χ1) is 13.0. The van der Waals surface area contributed by atoms with E-state index >= 15 is 0 Å². The third-order valence-corrected chi connectivity index (χ3v) is 4.50. The number of amides is 1. The van der Waals surface area contributed by atoms with Crippen molar-refractivity contribution in [3.63, 3.8) is 0 Å². The van der Waals surface area contributed by atoms with Crippen molar-refractivity contribution < 1.29 is 4.79 Å². The van der Waals surface area contributed by atoms with Crippen molar-refractivity contribution in [2.75, 3.05) is 24.3 Å². The Hall–Kier alpha value is -3.29. The molecule has 0 bridgehead atoms. The molecular weight excluding hydrogens is 358 g/mol. The van der Waals surface area contributed by atoms with E-state index in [-0.39, 0.29) is 5.91 Å². The predicted octanol–water partition coefficient (Wildman–Crippen LogP) is 5.20. The molecule has 0 unspecified atom stereocenters. The minimum atomic E-state index is -0.257. The molecule has 1 amide bonds. The lowest BCUT2D eigenvalue weighted by Crippen LogP contribution is -2.14. The van der Waals surface area contributed by atoms with Crippen LogP contribution in [0.3, 0.4) is 0 Å². The quantitative estimate of drug-likeness (QED) is 0.682. The Labute approximate surface area is 163 Å². The molecule has 134 valence electrons. The van der Waals surface area contributed by atoms with Crippen molar-refractivity contribution >= 4 is 28.9 Å². The molecule has 5 heteroatoms. The van der Waals surface area contributed by atoms with Gasteiger partial charge in [0.25, 0.3) is 5.91 Å². The number of rotatable bonds is 4. The molecule has 0 aromatic heterocycles. The molecular formula is C22H18ClN3O. The Morgan fingerprint density at radius 1 is 1.00 bits per heavy atom. The summed E-state index contributed by atoms with van der Waals surface area (Å²) in [4.78, 5) is 14.8. The second-order valence-corrected chi connectivity index (χ2v) is 6.62. The van der Waals surface area contributed by atoms with Crippen molar-refractivity contribution in [3.05, 3.63) is 82.9 Å². The zero-order chi connectivity index (χ0) is 19.4. The molecule has 0 aliphatic carbocycles. The van der Waals surface area contributed by atoms with Gasteiger partial charge in [0, 0.05) is 30.9 Å². The van der Waals surface area contributed by atoms with Crippen LogP contribution in [-0.4, -0.2) is 20.0 Å². The van der Waals surface area contributed by atoms with Gasteiger partial charge in [-0.25, -0.2) is 0 Å². The van der Waals surface area contributed by atoms with Gasteiger partial charge in [0.1, 0.15) is 0 Å². The summed E-state index contributed by atoms with van der Waals surface area (Å²) in [5.41, 5.74) is 3.94. The lowest BCUT2D eigenvalue weighted by atomic mass is 9.95. The summed E-state index contributed by atoms with van der Waals surface area (Å²) in [5.74, 6) is -0.257. The molecule has 3 rings (SSSR count). The van der Waals surface area contributed by atoms with Gasteiger partial charge in [-0.2, -0.15) is 5.26 Å². The Morgan fingerprint density at radius 3 is 2.33 bits per heavy atom. The van der Waals surface area contributed by atoms with Gasteiger partial charge in [-0.05, 0) is 35.9 Å². The zero-order valence-corrected chi connectivity index (χ0v) is 15.8. The molecule has 0 aliphatic rings. The van der Waals surface area contributed by atoms with Crippen molar-refractivity contribution in [1.29, 1.82) is 5.26 Å². The molecule has 0 aliphatic heterocycles. The molecule has 3 aromatic rings. The van der Waals surface area contributed by atoms with E-state index in [0.29, 0.717) is 27.4 Å². The molecule has 0 saturated heterocycles. The van der Waals surface area contributed by atoms with Crippen LogP contribution in [0.4, 0.5) is 11.4 Å². The highest BCUT2D eigenvalue weighted by molar-refractivity contribution is 6.33. The van der Waals surface area contributed by atoms with E-state index in [4.69, 9.17) is 11.6 Å². The van der Waals surface area contributed by atoms with Crippen LogP contribution in [0, 0.1) is 11.3 Å². The Morgan fingerprint density at radius 2 is 1.67 bits per heavy atom. The number of halogens is 1. The van der Waals surface area contributed by atoms with Crippen LogP contribution in [0.2, 0.25) is 5.02 Å². The third kappa shape index (κ3) is 3.94. The van der Waals surface area contributed by atoms with Crippen LogP contribution < -0.4 is 10.2 Å². The number of nitriles is 1. The topological polar surface area (TPSA) is 56.1 Å². The summed E-state index contributed by atoms with van der Waals surface area (Å²) in [6.07, 6.45) is 0.